The topological polar surface area (TPSA) is 111 Å². The van der Waals surface area contributed by atoms with Crippen LogP contribution in [0.3, 0.4) is 0 Å². The van der Waals surface area contributed by atoms with Gasteiger partial charge in [-0.1, -0.05) is 0 Å². The second-order valence-corrected chi connectivity index (χ2v) is 5.16. The Balaban J connectivity index is 2.30. The number of hydrogen-bond acceptors (Lipinski definition) is 5. The van der Waals surface area contributed by atoms with Crippen LogP contribution in [0.4, 0.5) is 17.1 Å². The number of carbonyl (C=O) groups is 1. The molecule has 0 atom stereocenters. The number of hydrogen-bond donors (Lipinski definition) is 2. The average Bonchev–Trinajstić information content (AvgIpc) is 2.42. The van der Waals surface area contributed by atoms with Crippen LogP contribution in [0.2, 0.25) is 0 Å². The zero-order valence-electron chi connectivity index (χ0n) is 11.0. The van der Waals surface area contributed by atoms with Crippen molar-refractivity contribution in [2.45, 2.75) is 6.92 Å². The van der Waals surface area contributed by atoms with E-state index in [1.807, 2.05) is 0 Å². The zero-order valence-corrected chi connectivity index (χ0v) is 12.5. The number of anilines is 2. The lowest BCUT2D eigenvalue weighted by molar-refractivity contribution is -0.385. The van der Waals surface area contributed by atoms with E-state index in [0.29, 0.717) is 21.4 Å². The lowest BCUT2D eigenvalue weighted by atomic mass is 10.2. The second kappa shape index (κ2) is 5.88. The number of amides is 1. The van der Waals surface area contributed by atoms with Crippen LogP contribution < -0.4 is 11.1 Å². The molecule has 0 unspecified atom stereocenters. The highest BCUT2D eigenvalue weighted by atomic mass is 79.9. The van der Waals surface area contributed by atoms with Crippen molar-refractivity contribution in [3.63, 3.8) is 0 Å². The minimum atomic E-state index is -0.501. The van der Waals surface area contributed by atoms with Crippen molar-refractivity contribution in [2.75, 3.05) is 11.1 Å². The van der Waals surface area contributed by atoms with Gasteiger partial charge in [0, 0.05) is 16.1 Å². The summed E-state index contributed by atoms with van der Waals surface area (Å²) in [7, 11) is 0. The molecule has 3 N–H and O–H groups in total. The van der Waals surface area contributed by atoms with E-state index in [9.17, 15) is 14.9 Å². The van der Waals surface area contributed by atoms with E-state index in [1.165, 1.54) is 18.3 Å². The lowest BCUT2D eigenvalue weighted by Gasteiger charge is -2.08. The Morgan fingerprint density at radius 2 is 2.14 bits per heavy atom. The van der Waals surface area contributed by atoms with Gasteiger partial charge in [-0.3, -0.25) is 14.9 Å². The van der Waals surface area contributed by atoms with Crippen LogP contribution in [-0.2, 0) is 0 Å². The molecule has 0 saturated heterocycles. The van der Waals surface area contributed by atoms with Crippen LogP contribution in [0, 0.1) is 17.0 Å². The zero-order chi connectivity index (χ0) is 15.6. The van der Waals surface area contributed by atoms with Crippen LogP contribution >= 0.6 is 15.9 Å². The molecule has 2 rings (SSSR count). The molecule has 1 aromatic carbocycles. The van der Waals surface area contributed by atoms with Crippen molar-refractivity contribution in [1.82, 2.24) is 4.98 Å². The molecule has 8 heteroatoms. The fourth-order valence-electron chi connectivity index (χ4n) is 1.68. The molecule has 0 spiro atoms. The fraction of sp³-hybridized carbons (Fsp3) is 0.0769. The molecule has 0 aliphatic rings. The highest BCUT2D eigenvalue weighted by molar-refractivity contribution is 9.10. The number of nitro groups is 1. The normalized spacial score (nSPS) is 10.2. The van der Waals surface area contributed by atoms with E-state index in [-0.39, 0.29) is 11.4 Å². The van der Waals surface area contributed by atoms with Gasteiger partial charge in [0.25, 0.3) is 11.6 Å². The van der Waals surface area contributed by atoms with E-state index >= 15 is 0 Å². The molecule has 1 aromatic heterocycles. The van der Waals surface area contributed by atoms with Crippen LogP contribution in [0.5, 0.6) is 0 Å². The molecule has 0 fully saturated rings. The van der Waals surface area contributed by atoms with Gasteiger partial charge in [-0.15, -0.1) is 0 Å². The molecular weight excluding hydrogens is 340 g/mol. The largest absolute Gasteiger partial charge is 0.397 e. The maximum Gasteiger partial charge on any atom is 0.274 e. The minimum Gasteiger partial charge on any atom is -0.397 e. The van der Waals surface area contributed by atoms with Crippen LogP contribution in [0.25, 0.3) is 0 Å². The van der Waals surface area contributed by atoms with Gasteiger partial charge in [0.1, 0.15) is 5.69 Å². The van der Waals surface area contributed by atoms with Gasteiger partial charge in [0.15, 0.2) is 0 Å². The molecule has 0 aliphatic carbocycles. The molecule has 1 heterocycles. The first-order valence-corrected chi connectivity index (χ1v) is 6.65. The van der Waals surface area contributed by atoms with Crippen LogP contribution in [0.15, 0.2) is 34.9 Å². The number of nitrogens with zero attached hydrogens (tertiary/aromatic N) is 2. The molecule has 1 amide bonds. The number of aryl methyl sites for hydroxylation is 1. The number of halogens is 1. The van der Waals surface area contributed by atoms with Gasteiger partial charge in [0.05, 0.1) is 22.5 Å². The summed E-state index contributed by atoms with van der Waals surface area (Å²) in [5, 5.41) is 13.5. The van der Waals surface area contributed by atoms with Gasteiger partial charge in [-0.05, 0) is 41.1 Å². The van der Waals surface area contributed by atoms with Gasteiger partial charge >= 0.3 is 0 Å². The Morgan fingerprint density at radius 3 is 2.71 bits per heavy atom. The number of carbonyl (C=O) groups excluding carboxylic acids is 1. The summed E-state index contributed by atoms with van der Waals surface area (Å²) < 4.78 is 0.550. The first-order chi connectivity index (χ1) is 9.88. The smallest absolute Gasteiger partial charge is 0.274 e. The number of aromatic nitrogens is 1. The lowest BCUT2D eigenvalue weighted by Crippen LogP contribution is -2.14. The van der Waals surface area contributed by atoms with E-state index in [1.54, 1.807) is 19.1 Å². The number of nitrogen functional groups attached to an aromatic ring is 1. The van der Waals surface area contributed by atoms with Crippen molar-refractivity contribution in [3.8, 4) is 0 Å². The van der Waals surface area contributed by atoms with Gasteiger partial charge in [-0.2, -0.15) is 0 Å². The number of nitro benzene ring substituents is 1. The van der Waals surface area contributed by atoms with Crippen molar-refractivity contribution in [1.29, 1.82) is 0 Å². The van der Waals surface area contributed by atoms with Gasteiger partial charge in [0.2, 0.25) is 0 Å². The van der Waals surface area contributed by atoms with E-state index in [4.69, 9.17) is 5.73 Å². The van der Waals surface area contributed by atoms with Gasteiger partial charge < -0.3 is 11.1 Å². The number of rotatable bonds is 3. The molecule has 108 valence electrons. The summed E-state index contributed by atoms with van der Waals surface area (Å²) in [5.74, 6) is -0.478. The Bertz CT molecular complexity index is 716. The summed E-state index contributed by atoms with van der Waals surface area (Å²) in [5.41, 5.74) is 6.83. The molecule has 0 bridgehead atoms. The Labute approximate surface area is 128 Å². The first kappa shape index (κ1) is 14.9. The average molecular weight is 351 g/mol. The minimum absolute atomic E-state index is 0.0706. The summed E-state index contributed by atoms with van der Waals surface area (Å²) in [6, 6.07) is 5.90. The monoisotopic (exact) mass is 350 g/mol. The van der Waals surface area contributed by atoms with Gasteiger partial charge in [-0.25, -0.2) is 4.98 Å². The number of nitrogens with two attached hydrogens (primary N) is 1. The Morgan fingerprint density at radius 1 is 1.43 bits per heavy atom. The number of nitrogens with one attached hydrogen (secondary N) is 1. The third kappa shape index (κ3) is 3.34. The third-order valence-electron chi connectivity index (χ3n) is 2.75. The second-order valence-electron chi connectivity index (χ2n) is 4.31. The van der Waals surface area contributed by atoms with Crippen molar-refractivity contribution >= 4 is 38.9 Å². The highest BCUT2D eigenvalue weighted by Gasteiger charge is 2.16. The molecule has 21 heavy (non-hydrogen) atoms. The quantitative estimate of drug-likeness (QED) is 0.652. The maximum absolute atomic E-state index is 12.0. The predicted octanol–water partition coefficient (Wildman–Crippen LogP) is 2.90. The molecule has 0 radical (unpaired) electrons. The van der Waals surface area contributed by atoms with E-state index < -0.39 is 10.8 Å². The van der Waals surface area contributed by atoms with Crippen LogP contribution in [-0.4, -0.2) is 15.8 Å². The fourth-order valence-corrected chi connectivity index (χ4v) is 2.24. The molecular formula is C13H11BrN4O3. The Kier molecular flexibility index (Phi) is 4.18. The summed E-state index contributed by atoms with van der Waals surface area (Å²) in [4.78, 5) is 26.4. The first-order valence-electron chi connectivity index (χ1n) is 5.86. The molecule has 0 saturated carbocycles. The van der Waals surface area contributed by atoms with E-state index in [0.717, 1.165) is 0 Å². The number of benzene rings is 1. The van der Waals surface area contributed by atoms with E-state index in [2.05, 4.69) is 26.2 Å². The molecule has 2 aromatic rings. The molecule has 0 aliphatic heterocycles. The summed E-state index contributed by atoms with van der Waals surface area (Å²) >= 11 is 3.27. The summed E-state index contributed by atoms with van der Waals surface area (Å²) in [6.07, 6.45) is 1.36. The highest BCUT2D eigenvalue weighted by Crippen LogP contribution is 2.30. The predicted molar refractivity (Wildman–Crippen MR) is 82.1 cm³/mol. The van der Waals surface area contributed by atoms with Crippen molar-refractivity contribution in [2.24, 2.45) is 0 Å². The van der Waals surface area contributed by atoms with Crippen molar-refractivity contribution < 1.29 is 9.72 Å². The standard InChI is InChI=1S/C13H11BrN4O3/c1-7-4-9(14)11(5-12(7)18(20)21)17-13(19)10-3-2-8(15)6-16-10/h2-6H,15H2,1H3,(H,17,19). The summed E-state index contributed by atoms with van der Waals surface area (Å²) in [6.45, 7) is 1.62. The van der Waals surface area contributed by atoms with Crippen molar-refractivity contribution in [3.05, 3.63) is 56.3 Å². The number of pyridine rings is 1. The molecule has 7 nitrogen and oxygen atoms in total. The Hall–Kier alpha value is -2.48. The SMILES string of the molecule is Cc1cc(Br)c(NC(=O)c2ccc(N)cn2)cc1[N+](=O)[O-]. The van der Waals surface area contributed by atoms with Crippen LogP contribution in [0.1, 0.15) is 16.1 Å². The maximum atomic E-state index is 12.0. The third-order valence-corrected chi connectivity index (χ3v) is 3.41.